The van der Waals surface area contributed by atoms with Gasteiger partial charge in [-0.05, 0) is 24.3 Å². The molecular weight excluding hydrogens is 331 g/mol. The molecule has 0 aliphatic carbocycles. The maximum Gasteiger partial charge on any atom is 0.231 e. The number of rotatable bonds is 4. The average Bonchev–Trinajstić information content (AvgIpc) is 3.15. The van der Waals surface area contributed by atoms with Gasteiger partial charge in [-0.15, -0.1) is 10.2 Å². The molecule has 0 spiro atoms. The van der Waals surface area contributed by atoms with Crippen LogP contribution < -0.4 is 10.2 Å². The fourth-order valence-electron chi connectivity index (χ4n) is 2.48. The van der Waals surface area contributed by atoms with Crippen molar-refractivity contribution < 1.29 is 14.0 Å². The molecule has 1 unspecified atom stereocenters. The van der Waals surface area contributed by atoms with Crippen LogP contribution in [0.1, 0.15) is 31.2 Å². The Hall–Kier alpha value is -2.35. The van der Waals surface area contributed by atoms with Crippen LogP contribution in [0.3, 0.4) is 0 Å². The summed E-state index contributed by atoms with van der Waals surface area (Å²) in [5, 5.41) is 12.0. The minimum absolute atomic E-state index is 0.124. The third-order valence-corrected chi connectivity index (χ3v) is 4.94. The Bertz CT molecular complexity index is 760. The zero-order chi connectivity index (χ0) is 17.3. The van der Waals surface area contributed by atoms with E-state index in [2.05, 4.69) is 15.5 Å². The normalized spacial score (nSPS) is 17.6. The maximum atomic E-state index is 13.0. The summed E-state index contributed by atoms with van der Waals surface area (Å²) >= 11 is 1.33. The number of amides is 2. The van der Waals surface area contributed by atoms with Crippen molar-refractivity contribution in [2.45, 2.75) is 26.2 Å². The molecule has 126 valence electrons. The lowest BCUT2D eigenvalue weighted by molar-refractivity contribution is -0.122. The molecule has 2 heterocycles. The van der Waals surface area contributed by atoms with Crippen molar-refractivity contribution in [1.29, 1.82) is 0 Å². The Kier molecular flexibility index (Phi) is 4.57. The predicted molar refractivity (Wildman–Crippen MR) is 89.5 cm³/mol. The van der Waals surface area contributed by atoms with Crippen LogP contribution in [0.4, 0.5) is 15.2 Å². The number of halogens is 1. The molecule has 24 heavy (non-hydrogen) atoms. The van der Waals surface area contributed by atoms with Gasteiger partial charge in [0, 0.05) is 24.6 Å². The van der Waals surface area contributed by atoms with Gasteiger partial charge in [0.05, 0.1) is 5.92 Å². The van der Waals surface area contributed by atoms with Gasteiger partial charge >= 0.3 is 0 Å². The molecule has 1 aromatic carbocycles. The first kappa shape index (κ1) is 16.5. The number of aromatic nitrogens is 2. The number of carbonyl (C=O) groups excluding carboxylic acids is 2. The summed E-state index contributed by atoms with van der Waals surface area (Å²) < 4.78 is 13.0. The van der Waals surface area contributed by atoms with Crippen molar-refractivity contribution in [1.82, 2.24) is 10.2 Å². The molecule has 1 fully saturated rings. The number of nitrogens with zero attached hydrogens (tertiary/aromatic N) is 3. The van der Waals surface area contributed by atoms with Crippen LogP contribution in [0.5, 0.6) is 0 Å². The number of anilines is 2. The maximum absolute atomic E-state index is 13.0. The summed E-state index contributed by atoms with van der Waals surface area (Å²) in [6.45, 7) is 4.27. The standard InChI is InChI=1S/C16H17FN4O2S/c1-9(2)15-19-20-16(24-15)18-14(23)10-7-13(22)21(8-10)12-5-3-11(17)4-6-12/h3-6,9-10H,7-8H2,1-2H3,(H,18,20,23). The van der Waals surface area contributed by atoms with E-state index in [4.69, 9.17) is 0 Å². The summed E-state index contributed by atoms with van der Waals surface area (Å²) in [7, 11) is 0. The van der Waals surface area contributed by atoms with Gasteiger partial charge in [-0.3, -0.25) is 9.59 Å². The van der Waals surface area contributed by atoms with E-state index in [1.807, 2.05) is 13.8 Å². The van der Waals surface area contributed by atoms with Crippen molar-refractivity contribution in [2.24, 2.45) is 5.92 Å². The minimum Gasteiger partial charge on any atom is -0.312 e. The highest BCUT2D eigenvalue weighted by Gasteiger charge is 2.35. The van der Waals surface area contributed by atoms with Gasteiger partial charge in [-0.25, -0.2) is 4.39 Å². The fraction of sp³-hybridized carbons (Fsp3) is 0.375. The molecule has 1 aliphatic heterocycles. The van der Waals surface area contributed by atoms with Crippen molar-refractivity contribution in [3.05, 3.63) is 35.1 Å². The molecule has 1 aliphatic rings. The number of nitrogens with one attached hydrogen (secondary N) is 1. The van der Waals surface area contributed by atoms with Crippen LogP contribution in [0.25, 0.3) is 0 Å². The quantitative estimate of drug-likeness (QED) is 0.922. The topological polar surface area (TPSA) is 75.2 Å². The Morgan fingerprint density at radius 3 is 2.67 bits per heavy atom. The zero-order valence-electron chi connectivity index (χ0n) is 13.3. The van der Waals surface area contributed by atoms with Crippen molar-refractivity contribution in [3.8, 4) is 0 Å². The van der Waals surface area contributed by atoms with E-state index < -0.39 is 5.92 Å². The number of carbonyl (C=O) groups is 2. The molecule has 2 aromatic rings. The van der Waals surface area contributed by atoms with E-state index in [1.54, 1.807) is 0 Å². The summed E-state index contributed by atoms with van der Waals surface area (Å²) in [5.41, 5.74) is 0.592. The van der Waals surface area contributed by atoms with Crippen LogP contribution >= 0.6 is 11.3 Å². The summed E-state index contributed by atoms with van der Waals surface area (Å²) in [5.74, 6) is -0.984. The lowest BCUT2D eigenvalue weighted by atomic mass is 10.1. The predicted octanol–water partition coefficient (Wildman–Crippen LogP) is 2.79. The number of hydrogen-bond acceptors (Lipinski definition) is 5. The van der Waals surface area contributed by atoms with Gasteiger partial charge in [-0.2, -0.15) is 0 Å². The first-order chi connectivity index (χ1) is 11.4. The molecular formula is C16H17FN4O2S. The summed E-state index contributed by atoms with van der Waals surface area (Å²) in [6.07, 6.45) is 0.124. The average molecular weight is 348 g/mol. The minimum atomic E-state index is -0.464. The molecule has 8 heteroatoms. The second-order valence-corrected chi connectivity index (χ2v) is 6.98. The Balaban J connectivity index is 1.66. The number of benzene rings is 1. The molecule has 1 aromatic heterocycles. The molecule has 0 bridgehead atoms. The Morgan fingerprint density at radius 2 is 2.04 bits per heavy atom. The third-order valence-electron chi connectivity index (χ3n) is 3.80. The first-order valence-corrected chi connectivity index (χ1v) is 8.46. The van der Waals surface area contributed by atoms with E-state index in [-0.39, 0.29) is 36.5 Å². The van der Waals surface area contributed by atoms with E-state index in [1.165, 1.54) is 40.5 Å². The lowest BCUT2D eigenvalue weighted by Crippen LogP contribution is -2.28. The van der Waals surface area contributed by atoms with E-state index in [9.17, 15) is 14.0 Å². The van der Waals surface area contributed by atoms with Crippen LogP contribution in [-0.4, -0.2) is 28.6 Å². The lowest BCUT2D eigenvalue weighted by Gasteiger charge is -2.16. The van der Waals surface area contributed by atoms with Crippen molar-refractivity contribution >= 4 is 34.0 Å². The Labute approximate surface area is 142 Å². The highest BCUT2D eigenvalue weighted by molar-refractivity contribution is 7.15. The molecule has 1 atom stereocenters. The molecule has 0 saturated carbocycles. The van der Waals surface area contributed by atoms with Crippen molar-refractivity contribution in [3.63, 3.8) is 0 Å². The number of hydrogen-bond donors (Lipinski definition) is 1. The third kappa shape index (κ3) is 3.43. The monoisotopic (exact) mass is 348 g/mol. The van der Waals surface area contributed by atoms with E-state index in [0.29, 0.717) is 10.8 Å². The fourth-order valence-corrected chi connectivity index (χ4v) is 3.23. The van der Waals surface area contributed by atoms with E-state index in [0.717, 1.165) is 5.01 Å². The van der Waals surface area contributed by atoms with Gasteiger partial charge in [0.25, 0.3) is 0 Å². The van der Waals surface area contributed by atoms with Crippen molar-refractivity contribution in [2.75, 3.05) is 16.8 Å². The second-order valence-electron chi connectivity index (χ2n) is 5.97. The van der Waals surface area contributed by atoms with Crippen LogP contribution in [-0.2, 0) is 9.59 Å². The zero-order valence-corrected chi connectivity index (χ0v) is 14.1. The van der Waals surface area contributed by atoms with E-state index >= 15 is 0 Å². The molecule has 0 radical (unpaired) electrons. The van der Waals surface area contributed by atoms with Gasteiger partial charge < -0.3 is 10.2 Å². The van der Waals surface area contributed by atoms with Gasteiger partial charge in [0.15, 0.2) is 0 Å². The highest BCUT2D eigenvalue weighted by Crippen LogP contribution is 2.27. The highest BCUT2D eigenvalue weighted by atomic mass is 32.1. The molecule has 1 N–H and O–H groups in total. The molecule has 3 rings (SSSR count). The second kappa shape index (κ2) is 6.64. The van der Waals surface area contributed by atoms with Gasteiger partial charge in [0.1, 0.15) is 10.8 Å². The van der Waals surface area contributed by atoms with Gasteiger partial charge in [-0.1, -0.05) is 25.2 Å². The van der Waals surface area contributed by atoms with Crippen LogP contribution in [0, 0.1) is 11.7 Å². The molecule has 1 saturated heterocycles. The van der Waals surface area contributed by atoms with Crippen LogP contribution in [0.15, 0.2) is 24.3 Å². The van der Waals surface area contributed by atoms with Gasteiger partial charge in [0.2, 0.25) is 16.9 Å². The smallest absolute Gasteiger partial charge is 0.231 e. The molecule has 6 nitrogen and oxygen atoms in total. The first-order valence-electron chi connectivity index (χ1n) is 7.64. The summed E-state index contributed by atoms with van der Waals surface area (Å²) in [4.78, 5) is 26.0. The summed E-state index contributed by atoms with van der Waals surface area (Å²) in [6, 6.07) is 5.66. The van der Waals surface area contributed by atoms with Crippen LogP contribution in [0.2, 0.25) is 0 Å². The molecule has 2 amide bonds. The largest absolute Gasteiger partial charge is 0.312 e. The Morgan fingerprint density at radius 1 is 1.33 bits per heavy atom. The SMILES string of the molecule is CC(C)c1nnc(NC(=O)C2CC(=O)N(c3ccc(F)cc3)C2)s1.